The average Bonchev–Trinajstić information content (AvgIpc) is 2.42. The van der Waals surface area contributed by atoms with Gasteiger partial charge in [0.05, 0.1) is 19.8 Å². The molecule has 0 fully saturated rings. The molecule has 0 aliphatic rings. The largest absolute Gasteiger partial charge is 0.383 e. The zero-order valence-corrected chi connectivity index (χ0v) is 12.9. The van der Waals surface area contributed by atoms with Crippen LogP contribution in [-0.2, 0) is 6.42 Å². The monoisotopic (exact) mass is 406 g/mol. The molecule has 2 N–H and O–H groups in total. The van der Waals surface area contributed by atoms with Crippen LogP contribution in [0.1, 0.15) is 12.6 Å². The van der Waals surface area contributed by atoms with Crippen LogP contribution in [0.4, 0.5) is 20.3 Å². The van der Waals surface area contributed by atoms with Gasteiger partial charge in [-0.25, -0.2) is 14.4 Å². The van der Waals surface area contributed by atoms with Gasteiger partial charge in [0, 0.05) is 6.07 Å². The van der Waals surface area contributed by atoms with Crippen LogP contribution in [0.15, 0.2) is 12.1 Å². The molecule has 0 bridgehead atoms. The first-order chi connectivity index (χ1) is 9.86. The maximum atomic E-state index is 14.1. The van der Waals surface area contributed by atoms with Crippen molar-refractivity contribution in [3.8, 4) is 11.4 Å². The number of hydrogen-bond donors (Lipinski definition) is 1. The summed E-state index contributed by atoms with van der Waals surface area (Å²) in [7, 11) is 0. The molecule has 2 rings (SSSR count). The Bertz CT molecular complexity index is 740. The highest BCUT2D eigenvalue weighted by Crippen LogP contribution is 2.31. The Morgan fingerprint density at radius 2 is 2.05 bits per heavy atom. The highest BCUT2D eigenvalue weighted by atomic mass is 127. The van der Waals surface area contributed by atoms with Crippen molar-refractivity contribution in [2.75, 3.05) is 5.73 Å². The van der Waals surface area contributed by atoms with Gasteiger partial charge in [0.15, 0.2) is 5.82 Å². The van der Waals surface area contributed by atoms with Gasteiger partial charge in [-0.05, 0) is 35.1 Å². The summed E-state index contributed by atoms with van der Waals surface area (Å²) >= 11 is 1.93. The molecule has 0 saturated heterocycles. The lowest BCUT2D eigenvalue weighted by Crippen LogP contribution is -2.07. The van der Waals surface area contributed by atoms with Gasteiger partial charge in [0.25, 0.3) is 0 Å². The van der Waals surface area contributed by atoms with E-state index in [4.69, 9.17) is 5.73 Å². The van der Waals surface area contributed by atoms with Crippen LogP contribution in [0, 0.1) is 25.3 Å². The van der Waals surface area contributed by atoms with Gasteiger partial charge in [-0.2, -0.15) is 4.39 Å². The first kappa shape index (κ1) is 15.5. The number of nitrogens with two attached hydrogens (primary N) is 1. The predicted octanol–water partition coefficient (Wildman–Crippen LogP) is 3.08. The fourth-order valence-corrected chi connectivity index (χ4v) is 2.37. The van der Waals surface area contributed by atoms with E-state index in [1.165, 1.54) is 0 Å². The van der Waals surface area contributed by atoms with Gasteiger partial charge in [0.1, 0.15) is 11.6 Å². The van der Waals surface area contributed by atoms with Crippen LogP contribution < -0.4 is 5.73 Å². The first-order valence-electron chi connectivity index (χ1n) is 5.81. The van der Waals surface area contributed by atoms with Crippen LogP contribution in [-0.4, -0.2) is 14.9 Å². The minimum absolute atomic E-state index is 0.0720. The van der Waals surface area contributed by atoms with E-state index >= 15 is 0 Å². The van der Waals surface area contributed by atoms with E-state index in [0.29, 0.717) is 15.7 Å². The molecule has 0 amide bonds. The molecule has 0 atom stereocenters. The quantitative estimate of drug-likeness (QED) is 0.480. The molecule has 21 heavy (non-hydrogen) atoms. The second-order valence-corrected chi connectivity index (χ2v) is 5.14. The number of hydrogen-bond acceptors (Lipinski definition) is 5. The summed E-state index contributed by atoms with van der Waals surface area (Å²) in [6.45, 7) is 1.80. The molecule has 1 aromatic carbocycles. The number of rotatable bonds is 3. The molecule has 1 heterocycles. The zero-order chi connectivity index (χ0) is 15.7. The summed E-state index contributed by atoms with van der Waals surface area (Å²) in [5.74, 6) is -2.53. The number of nitro groups is 1. The summed E-state index contributed by atoms with van der Waals surface area (Å²) in [4.78, 5) is 17.7. The highest BCUT2D eigenvalue weighted by molar-refractivity contribution is 14.1. The van der Waals surface area contributed by atoms with Crippen LogP contribution >= 0.6 is 22.6 Å². The number of anilines is 1. The van der Waals surface area contributed by atoms with E-state index in [-0.39, 0.29) is 11.6 Å². The molecule has 0 spiro atoms. The van der Waals surface area contributed by atoms with E-state index in [1.54, 1.807) is 6.92 Å². The minimum atomic E-state index is -1.32. The summed E-state index contributed by atoms with van der Waals surface area (Å²) in [5, 5.41) is 10.7. The Labute approximate surface area is 131 Å². The fraction of sp³-hybridized carbons (Fsp3) is 0.167. The third kappa shape index (κ3) is 2.77. The van der Waals surface area contributed by atoms with E-state index in [9.17, 15) is 18.9 Å². The number of nitrogen functional groups attached to an aromatic ring is 1. The van der Waals surface area contributed by atoms with Crippen molar-refractivity contribution in [3.05, 3.63) is 43.1 Å². The Morgan fingerprint density at radius 3 is 2.62 bits per heavy atom. The van der Waals surface area contributed by atoms with Crippen LogP contribution in [0.25, 0.3) is 11.4 Å². The first-order valence-corrected chi connectivity index (χ1v) is 6.89. The number of nitro benzene ring substituents is 1. The summed E-state index contributed by atoms with van der Waals surface area (Å²) in [5.41, 5.74) is 4.72. The number of nitrogens with zero attached hydrogens (tertiary/aromatic N) is 3. The zero-order valence-electron chi connectivity index (χ0n) is 10.7. The normalized spacial score (nSPS) is 10.7. The maximum Gasteiger partial charge on any atom is 0.305 e. The van der Waals surface area contributed by atoms with Gasteiger partial charge in [-0.3, -0.25) is 10.1 Å². The highest BCUT2D eigenvalue weighted by Gasteiger charge is 2.25. The molecule has 2 aromatic rings. The predicted molar refractivity (Wildman–Crippen MR) is 80.5 cm³/mol. The maximum absolute atomic E-state index is 14.1. The molecule has 0 unspecified atom stereocenters. The van der Waals surface area contributed by atoms with Crippen molar-refractivity contribution in [1.29, 1.82) is 0 Å². The molecular weight excluding hydrogens is 397 g/mol. The lowest BCUT2D eigenvalue weighted by atomic mass is 10.1. The number of benzene rings is 1. The lowest BCUT2D eigenvalue weighted by molar-refractivity contribution is -0.387. The van der Waals surface area contributed by atoms with Crippen molar-refractivity contribution in [3.63, 3.8) is 0 Å². The Balaban J connectivity index is 2.75. The fourth-order valence-electron chi connectivity index (χ4n) is 1.75. The van der Waals surface area contributed by atoms with Crippen molar-refractivity contribution in [2.24, 2.45) is 0 Å². The van der Waals surface area contributed by atoms with E-state index < -0.39 is 27.8 Å². The Morgan fingerprint density at radius 1 is 1.38 bits per heavy atom. The second-order valence-electron chi connectivity index (χ2n) is 4.06. The standard InChI is InChI=1S/C12H9F2IN4O2/c1-2-6-10(15)11(16)18-12(17-6)8-5(13)3-4-7(9(8)14)19(20)21/h3-4H,2H2,1H3,(H2,16,17,18). The van der Waals surface area contributed by atoms with Crippen molar-refractivity contribution < 1.29 is 13.7 Å². The van der Waals surface area contributed by atoms with Crippen LogP contribution in [0.2, 0.25) is 0 Å². The summed E-state index contributed by atoms with van der Waals surface area (Å²) in [6.07, 6.45) is 0.482. The summed E-state index contributed by atoms with van der Waals surface area (Å²) in [6, 6.07) is 1.56. The van der Waals surface area contributed by atoms with Crippen molar-refractivity contribution in [2.45, 2.75) is 13.3 Å². The third-order valence-corrected chi connectivity index (χ3v) is 3.95. The van der Waals surface area contributed by atoms with Gasteiger partial charge in [-0.15, -0.1) is 0 Å². The van der Waals surface area contributed by atoms with Gasteiger partial charge in [-0.1, -0.05) is 6.92 Å². The van der Waals surface area contributed by atoms with Gasteiger partial charge in [0.2, 0.25) is 5.82 Å². The van der Waals surface area contributed by atoms with Crippen LogP contribution in [0.5, 0.6) is 0 Å². The second kappa shape index (κ2) is 5.84. The van der Waals surface area contributed by atoms with E-state index in [1.807, 2.05) is 22.6 Å². The molecule has 110 valence electrons. The Hall–Kier alpha value is -1.91. The molecular formula is C12H9F2IN4O2. The number of halogens is 3. The third-order valence-electron chi connectivity index (χ3n) is 2.77. The molecule has 0 radical (unpaired) electrons. The van der Waals surface area contributed by atoms with Crippen molar-refractivity contribution >= 4 is 34.1 Å². The smallest absolute Gasteiger partial charge is 0.305 e. The molecule has 0 saturated carbocycles. The Kier molecular flexibility index (Phi) is 4.30. The van der Waals surface area contributed by atoms with E-state index in [0.717, 1.165) is 12.1 Å². The van der Waals surface area contributed by atoms with E-state index in [2.05, 4.69) is 9.97 Å². The lowest BCUT2D eigenvalue weighted by Gasteiger charge is -2.09. The SMILES string of the molecule is CCc1nc(-c2c(F)ccc([N+](=O)[O-])c2F)nc(N)c1I. The average molecular weight is 406 g/mol. The van der Waals surface area contributed by atoms with Crippen molar-refractivity contribution in [1.82, 2.24) is 9.97 Å². The molecule has 1 aromatic heterocycles. The van der Waals surface area contributed by atoms with Gasteiger partial charge >= 0.3 is 5.69 Å². The number of aromatic nitrogens is 2. The minimum Gasteiger partial charge on any atom is -0.383 e. The topological polar surface area (TPSA) is 94.9 Å². The molecule has 0 aliphatic heterocycles. The number of aryl methyl sites for hydroxylation is 1. The molecule has 0 aliphatic carbocycles. The summed E-state index contributed by atoms with van der Waals surface area (Å²) < 4.78 is 28.6. The van der Waals surface area contributed by atoms with Gasteiger partial charge < -0.3 is 5.73 Å². The molecule has 6 nitrogen and oxygen atoms in total. The molecule has 9 heteroatoms. The van der Waals surface area contributed by atoms with Crippen LogP contribution in [0.3, 0.4) is 0 Å².